The number of terminal acetylenes is 1. The van der Waals surface area contributed by atoms with E-state index in [1.54, 1.807) is 25.3 Å². The van der Waals surface area contributed by atoms with Gasteiger partial charge in [-0.15, -0.1) is 6.42 Å². The Labute approximate surface area is 173 Å². The van der Waals surface area contributed by atoms with Gasteiger partial charge in [0.25, 0.3) is 0 Å². The molecule has 0 spiro atoms. The predicted octanol–water partition coefficient (Wildman–Crippen LogP) is 2.29. The lowest BCUT2D eigenvalue weighted by molar-refractivity contribution is -0.0733. The number of nitrogen functional groups attached to an aromatic ring is 1. The second-order valence-electron chi connectivity index (χ2n) is 7.52. The Hall–Kier alpha value is -2.22. The zero-order valence-corrected chi connectivity index (χ0v) is 18.0. The summed E-state index contributed by atoms with van der Waals surface area (Å²) in [6.45, 7) is 7.50. The van der Waals surface area contributed by atoms with Crippen LogP contribution in [0.15, 0.2) is 6.33 Å². The highest BCUT2D eigenvalue weighted by Crippen LogP contribution is 2.61. The molecule has 2 fully saturated rings. The third-order valence-electron chi connectivity index (χ3n) is 4.98. The Morgan fingerprint density at radius 2 is 2.27 bits per heavy atom. The molecule has 0 radical (unpaired) electrons. The Morgan fingerprint density at radius 3 is 2.93 bits per heavy atom. The number of imidazole rings is 1. The number of ether oxygens (including phenoxy) is 2. The monoisotopic (exact) mass is 437 g/mol. The quantitative estimate of drug-likeness (QED) is 0.549. The van der Waals surface area contributed by atoms with E-state index in [1.807, 2.05) is 6.92 Å². The minimum atomic E-state index is -3.77. The Bertz CT molecular complexity index is 1050. The first-order chi connectivity index (χ1) is 14.2. The van der Waals surface area contributed by atoms with Gasteiger partial charge in [-0.3, -0.25) is 18.1 Å². The van der Waals surface area contributed by atoms with Crippen LogP contribution in [0.3, 0.4) is 0 Å². The van der Waals surface area contributed by atoms with E-state index in [0.29, 0.717) is 17.8 Å². The molecule has 0 saturated carbocycles. The highest BCUT2D eigenvalue weighted by Gasteiger charge is 2.60. The van der Waals surface area contributed by atoms with Crippen LogP contribution in [0.1, 0.15) is 33.9 Å². The van der Waals surface area contributed by atoms with Gasteiger partial charge in [-0.2, -0.15) is 9.97 Å². The van der Waals surface area contributed by atoms with Crippen molar-refractivity contribution in [3.05, 3.63) is 6.33 Å². The van der Waals surface area contributed by atoms with Gasteiger partial charge in [0.05, 0.1) is 25.6 Å². The molecule has 12 heteroatoms. The molecule has 11 nitrogen and oxygen atoms in total. The summed E-state index contributed by atoms with van der Waals surface area (Å²) in [6, 6.07) is 0. The lowest BCUT2D eigenvalue weighted by Gasteiger charge is -2.35. The molecular weight excluding hydrogens is 413 g/mol. The van der Waals surface area contributed by atoms with Crippen LogP contribution in [-0.2, 0) is 22.9 Å². The van der Waals surface area contributed by atoms with E-state index in [1.165, 1.54) is 6.33 Å². The normalized spacial score (nSPS) is 33.5. The van der Waals surface area contributed by atoms with Gasteiger partial charge in [-0.05, 0) is 27.7 Å². The number of phosphoric acid groups is 1. The summed E-state index contributed by atoms with van der Waals surface area (Å²) in [7, 11) is -3.77. The zero-order valence-electron chi connectivity index (χ0n) is 17.1. The van der Waals surface area contributed by atoms with Crippen LogP contribution >= 0.6 is 7.82 Å². The average Bonchev–Trinajstić information content (AvgIpc) is 3.20. The van der Waals surface area contributed by atoms with Crippen LogP contribution in [0.4, 0.5) is 5.95 Å². The van der Waals surface area contributed by atoms with Gasteiger partial charge in [0.15, 0.2) is 17.4 Å². The van der Waals surface area contributed by atoms with E-state index in [0.717, 1.165) is 0 Å². The molecule has 4 heterocycles. The van der Waals surface area contributed by atoms with Gasteiger partial charge in [-0.25, -0.2) is 9.55 Å². The number of nitrogens with two attached hydrogens (primary N) is 1. The van der Waals surface area contributed by atoms with Crippen molar-refractivity contribution in [2.45, 2.75) is 52.2 Å². The van der Waals surface area contributed by atoms with Crippen molar-refractivity contribution in [3.63, 3.8) is 0 Å². The maximum absolute atomic E-state index is 12.9. The molecule has 2 aliphatic rings. The van der Waals surface area contributed by atoms with Crippen LogP contribution in [0.5, 0.6) is 5.88 Å². The fourth-order valence-electron chi connectivity index (χ4n) is 3.68. The molecule has 30 heavy (non-hydrogen) atoms. The zero-order chi connectivity index (χ0) is 21.7. The van der Waals surface area contributed by atoms with Crippen LogP contribution in [0.2, 0.25) is 0 Å². The number of nitrogens with zero attached hydrogens (tertiary/aromatic N) is 4. The van der Waals surface area contributed by atoms with Gasteiger partial charge >= 0.3 is 7.82 Å². The number of hydrogen-bond donors (Lipinski definition) is 1. The summed E-state index contributed by atoms with van der Waals surface area (Å²) in [5.41, 5.74) is 5.66. The second-order valence-corrected chi connectivity index (χ2v) is 9.10. The van der Waals surface area contributed by atoms with E-state index >= 15 is 0 Å². The van der Waals surface area contributed by atoms with Crippen LogP contribution < -0.4 is 10.5 Å². The molecule has 162 valence electrons. The number of rotatable bonds is 5. The van der Waals surface area contributed by atoms with Gasteiger partial charge in [-0.1, -0.05) is 5.92 Å². The van der Waals surface area contributed by atoms with Crippen molar-refractivity contribution < 1.29 is 27.6 Å². The molecule has 4 rings (SSSR count). The molecule has 0 aromatic carbocycles. The van der Waals surface area contributed by atoms with Crippen molar-refractivity contribution in [3.8, 4) is 18.2 Å². The molecule has 2 aromatic heterocycles. The smallest absolute Gasteiger partial charge is 0.475 e. The summed E-state index contributed by atoms with van der Waals surface area (Å²) in [5, 5.41) is 0. The lowest BCUT2D eigenvalue weighted by Crippen LogP contribution is -2.42. The molecular formula is C18H24N5O6P. The third-order valence-corrected chi connectivity index (χ3v) is 6.61. The molecule has 2 aromatic rings. The summed E-state index contributed by atoms with van der Waals surface area (Å²) in [5.74, 6) is 3.05. The van der Waals surface area contributed by atoms with E-state index in [9.17, 15) is 4.57 Å². The van der Waals surface area contributed by atoms with Gasteiger partial charge in [0, 0.05) is 0 Å². The van der Waals surface area contributed by atoms with E-state index < -0.39 is 31.7 Å². The molecule has 5 atom stereocenters. The number of anilines is 1. The van der Waals surface area contributed by atoms with E-state index in [2.05, 4.69) is 20.9 Å². The molecule has 0 bridgehead atoms. The lowest BCUT2D eigenvalue weighted by atomic mass is 9.83. The SMILES string of the molecule is C#C[C@]1(C)[C@@H]2OP(=O)(OC(C)C)OC[C@H]2O[C@H]1n1cnc2c(OCC)nc(N)nc21. The average molecular weight is 437 g/mol. The standard InChI is InChI=1S/C18H24N5O6P/c1-6-18(5)13-11(8-26-30(24,29-13)28-10(3)4)27-16(18)23-9-20-12-14(23)21-17(19)22-15(12)25-7-2/h1,9-11,13,16H,7-8H2,2-5H3,(H2,19,21,22)/t11-,13-,16-,18-,30?/m1/s1. The molecule has 0 amide bonds. The fourth-order valence-corrected chi connectivity index (χ4v) is 5.33. The third kappa shape index (κ3) is 3.35. The van der Waals surface area contributed by atoms with Crippen molar-refractivity contribution in [2.75, 3.05) is 18.9 Å². The number of phosphoric ester groups is 1. The number of hydrogen-bond acceptors (Lipinski definition) is 10. The predicted molar refractivity (Wildman–Crippen MR) is 106 cm³/mol. The summed E-state index contributed by atoms with van der Waals surface area (Å²) < 4.78 is 42.8. The minimum Gasteiger partial charge on any atom is -0.476 e. The first kappa shape index (κ1) is 21.0. The Kier molecular flexibility index (Phi) is 5.24. The second kappa shape index (κ2) is 7.48. The Balaban J connectivity index is 1.75. The van der Waals surface area contributed by atoms with Gasteiger partial charge in [0.2, 0.25) is 11.8 Å². The van der Waals surface area contributed by atoms with Crippen molar-refractivity contribution in [1.82, 2.24) is 19.5 Å². The van der Waals surface area contributed by atoms with Crippen LogP contribution in [-0.4, -0.2) is 51.0 Å². The van der Waals surface area contributed by atoms with Crippen molar-refractivity contribution in [2.24, 2.45) is 5.41 Å². The first-order valence-electron chi connectivity index (χ1n) is 9.58. The molecule has 2 N–H and O–H groups in total. The summed E-state index contributed by atoms with van der Waals surface area (Å²) in [4.78, 5) is 12.8. The maximum atomic E-state index is 12.9. The number of fused-ring (bicyclic) bond motifs is 2. The molecule has 2 saturated heterocycles. The summed E-state index contributed by atoms with van der Waals surface area (Å²) in [6.07, 6.45) is 5.08. The van der Waals surface area contributed by atoms with Crippen LogP contribution in [0.25, 0.3) is 11.2 Å². The fraction of sp³-hybridized carbons (Fsp3) is 0.611. The van der Waals surface area contributed by atoms with E-state index in [4.69, 9.17) is 35.2 Å². The van der Waals surface area contributed by atoms with Crippen molar-refractivity contribution in [1.29, 1.82) is 0 Å². The topological polar surface area (TPSA) is 133 Å². The van der Waals surface area contributed by atoms with E-state index in [-0.39, 0.29) is 24.5 Å². The largest absolute Gasteiger partial charge is 0.476 e. The first-order valence-corrected chi connectivity index (χ1v) is 11.0. The Morgan fingerprint density at radius 1 is 1.50 bits per heavy atom. The molecule has 1 unspecified atom stereocenters. The number of aromatic nitrogens is 4. The van der Waals surface area contributed by atoms with Gasteiger partial charge in [0.1, 0.15) is 17.6 Å². The molecule has 0 aliphatic carbocycles. The molecule has 2 aliphatic heterocycles. The highest BCUT2D eigenvalue weighted by molar-refractivity contribution is 7.48. The van der Waals surface area contributed by atoms with Crippen LogP contribution in [0, 0.1) is 17.8 Å². The highest BCUT2D eigenvalue weighted by atomic mass is 31.2. The summed E-state index contributed by atoms with van der Waals surface area (Å²) >= 11 is 0. The minimum absolute atomic E-state index is 0.0103. The van der Waals surface area contributed by atoms with Crippen molar-refractivity contribution >= 4 is 24.9 Å². The maximum Gasteiger partial charge on any atom is 0.475 e. The van der Waals surface area contributed by atoms with Gasteiger partial charge < -0.3 is 15.2 Å².